The minimum absolute atomic E-state index is 0.0799. The normalized spacial score (nSPS) is 13.5. The van der Waals surface area contributed by atoms with Crippen LogP contribution >= 0.6 is 7.75 Å². The highest BCUT2D eigenvalue weighted by atomic mass is 31.2. The van der Waals surface area contributed by atoms with Gasteiger partial charge in [-0.25, -0.2) is 4.57 Å². The van der Waals surface area contributed by atoms with E-state index in [0.29, 0.717) is 0 Å². The second kappa shape index (κ2) is 7.03. The number of rotatable bonds is 6. The molecule has 0 saturated heterocycles. The first-order valence-corrected chi connectivity index (χ1v) is 9.00. The first-order valence-electron chi connectivity index (χ1n) is 7.39. The van der Waals surface area contributed by atoms with Gasteiger partial charge in [0.05, 0.1) is 5.69 Å². The molecule has 8 nitrogen and oxygen atoms in total. The Labute approximate surface area is 144 Å². The maximum Gasteiger partial charge on any atom is 0.427 e. The first kappa shape index (κ1) is 19.2. The molecule has 0 aromatic heterocycles. The Bertz CT molecular complexity index is 786. The summed E-state index contributed by atoms with van der Waals surface area (Å²) in [6.07, 6.45) is -0.211. The molecular formula is C16H20NO7P. The number of aromatic hydroxyl groups is 2. The van der Waals surface area contributed by atoms with Crippen molar-refractivity contribution in [3.05, 3.63) is 53.6 Å². The number of hydrogen-bond acceptors (Lipinski definition) is 5. The van der Waals surface area contributed by atoms with Crippen LogP contribution in [0.15, 0.2) is 42.5 Å². The highest BCUT2D eigenvalue weighted by Gasteiger charge is 2.33. The lowest BCUT2D eigenvalue weighted by Crippen LogP contribution is -2.28. The van der Waals surface area contributed by atoms with Crippen LogP contribution in [0.5, 0.6) is 11.5 Å². The number of benzene rings is 2. The summed E-state index contributed by atoms with van der Waals surface area (Å²) in [5.74, 6) is -3.03. The van der Waals surface area contributed by atoms with Crippen LogP contribution in [0.25, 0.3) is 0 Å². The highest BCUT2D eigenvalue weighted by molar-refractivity contribution is 7.53. The van der Waals surface area contributed by atoms with Crippen molar-refractivity contribution >= 4 is 13.4 Å². The molecule has 0 spiro atoms. The van der Waals surface area contributed by atoms with Crippen LogP contribution in [0, 0.1) is 0 Å². The van der Waals surface area contributed by atoms with E-state index in [1.807, 2.05) is 5.09 Å². The van der Waals surface area contributed by atoms with E-state index in [1.54, 1.807) is 19.1 Å². The van der Waals surface area contributed by atoms with Gasteiger partial charge in [0, 0.05) is 12.0 Å². The number of anilines is 1. The van der Waals surface area contributed by atoms with Gasteiger partial charge in [0.1, 0.15) is 11.5 Å². The molecule has 1 atom stereocenters. The van der Waals surface area contributed by atoms with Crippen LogP contribution in [-0.4, -0.2) is 30.2 Å². The molecule has 0 saturated carbocycles. The van der Waals surface area contributed by atoms with E-state index in [9.17, 15) is 25.0 Å². The zero-order valence-corrected chi connectivity index (χ0v) is 14.3. The molecule has 9 heteroatoms. The second-order valence-corrected chi connectivity index (χ2v) is 7.21. The number of nitrogens with one attached hydrogen (secondary N) is 1. The topological polar surface area (TPSA) is 150 Å². The summed E-state index contributed by atoms with van der Waals surface area (Å²) in [6, 6.07) is 9.55. The summed E-state index contributed by atoms with van der Waals surface area (Å²) < 4.78 is 11.2. The fourth-order valence-electron chi connectivity index (χ4n) is 2.58. The molecule has 0 bridgehead atoms. The van der Waals surface area contributed by atoms with Crippen LogP contribution in [0.3, 0.4) is 0 Å². The summed E-state index contributed by atoms with van der Waals surface area (Å²) in [5, 5.41) is 41.8. The van der Waals surface area contributed by atoms with E-state index in [1.165, 1.54) is 18.2 Å². The fourth-order valence-corrected chi connectivity index (χ4v) is 3.08. The molecule has 0 aliphatic rings. The van der Waals surface area contributed by atoms with E-state index in [-0.39, 0.29) is 35.1 Å². The molecule has 2 rings (SSSR count). The molecule has 0 heterocycles. The van der Waals surface area contributed by atoms with E-state index >= 15 is 0 Å². The molecule has 25 heavy (non-hydrogen) atoms. The molecule has 2 aromatic carbocycles. The Balaban J connectivity index is 2.33. The van der Waals surface area contributed by atoms with Crippen molar-refractivity contribution < 1.29 is 34.8 Å². The average Bonchev–Trinajstić information content (AvgIpc) is 2.48. The van der Waals surface area contributed by atoms with Crippen molar-refractivity contribution in [1.82, 2.24) is 0 Å². The summed E-state index contributed by atoms with van der Waals surface area (Å²) >= 11 is 0. The van der Waals surface area contributed by atoms with Crippen LogP contribution in [0.4, 0.5) is 5.69 Å². The monoisotopic (exact) mass is 369 g/mol. The molecule has 0 aliphatic heterocycles. The molecule has 0 fully saturated rings. The van der Waals surface area contributed by atoms with E-state index in [0.717, 1.165) is 17.7 Å². The predicted molar refractivity (Wildman–Crippen MR) is 91.0 cm³/mol. The van der Waals surface area contributed by atoms with Gasteiger partial charge in [-0.05, 0) is 41.8 Å². The minimum atomic E-state index is -4.68. The third-order valence-electron chi connectivity index (χ3n) is 3.75. The van der Waals surface area contributed by atoms with Gasteiger partial charge in [0.2, 0.25) is 0 Å². The van der Waals surface area contributed by atoms with E-state index in [4.69, 9.17) is 9.79 Å². The molecule has 136 valence electrons. The van der Waals surface area contributed by atoms with Gasteiger partial charge in [0.15, 0.2) is 5.79 Å². The third kappa shape index (κ3) is 5.19. The van der Waals surface area contributed by atoms with Gasteiger partial charge >= 0.3 is 7.75 Å². The van der Waals surface area contributed by atoms with Crippen LogP contribution in [0.2, 0.25) is 0 Å². The Kier molecular flexibility index (Phi) is 5.41. The predicted octanol–water partition coefficient (Wildman–Crippen LogP) is 1.93. The van der Waals surface area contributed by atoms with Gasteiger partial charge in [-0.1, -0.05) is 19.1 Å². The maximum absolute atomic E-state index is 11.2. The summed E-state index contributed by atoms with van der Waals surface area (Å²) in [7, 11) is -4.68. The van der Waals surface area contributed by atoms with Crippen molar-refractivity contribution in [3.8, 4) is 11.5 Å². The van der Waals surface area contributed by atoms with E-state index in [2.05, 4.69) is 0 Å². The van der Waals surface area contributed by atoms with Gasteiger partial charge in [-0.2, -0.15) is 0 Å². The van der Waals surface area contributed by atoms with Crippen LogP contribution < -0.4 is 5.09 Å². The van der Waals surface area contributed by atoms with Crippen molar-refractivity contribution in [2.45, 2.75) is 25.0 Å². The summed E-state index contributed by atoms with van der Waals surface area (Å²) in [6.45, 7) is 1.73. The van der Waals surface area contributed by atoms with Crippen LogP contribution in [-0.2, 0) is 10.4 Å². The Morgan fingerprint density at radius 2 is 1.60 bits per heavy atom. The van der Waals surface area contributed by atoms with Gasteiger partial charge in [0.25, 0.3) is 0 Å². The summed E-state index contributed by atoms with van der Waals surface area (Å²) in [4.78, 5) is 18.1. The van der Waals surface area contributed by atoms with Crippen molar-refractivity contribution in [3.63, 3.8) is 0 Å². The first-order chi connectivity index (χ1) is 11.5. The molecule has 0 aliphatic carbocycles. The maximum atomic E-state index is 11.2. The lowest BCUT2D eigenvalue weighted by molar-refractivity contribution is -0.176. The number of hydrogen-bond donors (Lipinski definition) is 7. The zero-order valence-electron chi connectivity index (χ0n) is 13.4. The lowest BCUT2D eigenvalue weighted by Gasteiger charge is -2.28. The largest absolute Gasteiger partial charge is 0.508 e. The molecular weight excluding hydrogens is 349 g/mol. The number of phenolic OH excluding ortho intramolecular Hbond substituents is 2. The molecule has 0 radical (unpaired) electrons. The number of aliphatic hydroxyl groups is 2. The third-order valence-corrected chi connectivity index (χ3v) is 4.29. The smallest absolute Gasteiger partial charge is 0.427 e. The quantitative estimate of drug-likeness (QED) is 0.232. The van der Waals surface area contributed by atoms with Crippen LogP contribution in [0.1, 0.15) is 30.4 Å². The Hall–Kier alpha value is -2.09. The summed E-state index contributed by atoms with van der Waals surface area (Å²) in [5.41, 5.74) is 0.269. The van der Waals surface area contributed by atoms with Gasteiger partial charge in [-0.3, -0.25) is 5.09 Å². The molecule has 7 N–H and O–H groups in total. The van der Waals surface area contributed by atoms with Crippen molar-refractivity contribution in [2.24, 2.45) is 0 Å². The standard InChI is InChI=1S/C16H20NO7P/c1-10(11-2-4-12(18)5-3-11)9-16(20,21)14-8-13(19)6-7-15(14)17-25(22,23)24/h2-8,10,18-21H,9H2,1H3,(H3,17,22,23,24). The lowest BCUT2D eigenvalue weighted by atomic mass is 9.89. The van der Waals surface area contributed by atoms with Gasteiger partial charge in [-0.15, -0.1) is 0 Å². The average molecular weight is 369 g/mol. The van der Waals surface area contributed by atoms with Gasteiger partial charge < -0.3 is 30.2 Å². The Morgan fingerprint density at radius 3 is 2.16 bits per heavy atom. The molecule has 2 aromatic rings. The zero-order chi connectivity index (χ0) is 18.8. The highest BCUT2D eigenvalue weighted by Crippen LogP contribution is 2.42. The van der Waals surface area contributed by atoms with Crippen molar-refractivity contribution in [1.29, 1.82) is 0 Å². The Morgan fingerprint density at radius 1 is 1.04 bits per heavy atom. The molecule has 1 unspecified atom stereocenters. The number of phenols is 2. The SMILES string of the molecule is CC(CC(O)(O)c1cc(O)ccc1NP(=O)(O)O)c1ccc(O)cc1. The second-order valence-electron chi connectivity index (χ2n) is 5.90. The van der Waals surface area contributed by atoms with E-state index < -0.39 is 13.5 Å². The molecule has 0 amide bonds. The van der Waals surface area contributed by atoms with Crippen molar-refractivity contribution in [2.75, 3.05) is 5.09 Å². The minimum Gasteiger partial charge on any atom is -0.508 e. The fraction of sp³-hybridized carbons (Fsp3) is 0.250.